The van der Waals surface area contributed by atoms with Crippen LogP contribution in [0.25, 0.3) is 0 Å². The van der Waals surface area contributed by atoms with Crippen molar-refractivity contribution in [3.8, 4) is 0 Å². The summed E-state index contributed by atoms with van der Waals surface area (Å²) in [6, 6.07) is 14.5. The monoisotopic (exact) mass is 379 g/mol. The smallest absolute Gasteiger partial charge is 0.410 e. The number of amides is 1. The van der Waals surface area contributed by atoms with E-state index in [2.05, 4.69) is 54.1 Å². The molecule has 1 spiro atoms. The van der Waals surface area contributed by atoms with Crippen LogP contribution in [0, 0.1) is 6.92 Å². The van der Waals surface area contributed by atoms with Gasteiger partial charge in [-0.1, -0.05) is 43.3 Å². The second-order valence-electron chi connectivity index (χ2n) is 8.29. The average Bonchev–Trinajstić information content (AvgIpc) is 3.01. The van der Waals surface area contributed by atoms with Gasteiger partial charge < -0.3 is 9.64 Å². The van der Waals surface area contributed by atoms with Crippen molar-refractivity contribution in [2.75, 3.05) is 26.2 Å². The fourth-order valence-electron chi connectivity index (χ4n) is 4.33. The van der Waals surface area contributed by atoms with Crippen molar-refractivity contribution >= 4 is 6.09 Å². The van der Waals surface area contributed by atoms with Gasteiger partial charge in [0.15, 0.2) is 0 Å². The lowest BCUT2D eigenvalue weighted by molar-refractivity contribution is -0.00154. The zero-order valence-corrected chi connectivity index (χ0v) is 16.8. The largest absolute Gasteiger partial charge is 0.441 e. The first-order chi connectivity index (χ1) is 13.5. The highest BCUT2D eigenvalue weighted by atomic mass is 16.6. The number of carbonyl (C=O) groups is 1. The topological polar surface area (TPSA) is 45.7 Å². The number of hydrogen-bond donors (Lipinski definition) is 0. The maximum Gasteiger partial charge on any atom is 0.410 e. The van der Waals surface area contributed by atoms with Crippen molar-refractivity contribution in [1.82, 2.24) is 14.8 Å². The summed E-state index contributed by atoms with van der Waals surface area (Å²) in [5, 5.41) is 0. The molecule has 1 amide bonds. The molecule has 0 radical (unpaired) electrons. The van der Waals surface area contributed by atoms with Gasteiger partial charge in [-0.25, -0.2) is 4.79 Å². The number of hydrogen-bond acceptors (Lipinski definition) is 4. The number of likely N-dealkylation sites (tertiary alicyclic amines) is 1. The molecule has 1 aromatic heterocycles. The van der Waals surface area contributed by atoms with Gasteiger partial charge >= 0.3 is 6.09 Å². The van der Waals surface area contributed by atoms with Gasteiger partial charge in [0.1, 0.15) is 5.60 Å². The first-order valence-corrected chi connectivity index (χ1v) is 10.2. The number of rotatable bonds is 5. The minimum absolute atomic E-state index is 0.156. The Morgan fingerprint density at radius 3 is 2.61 bits per heavy atom. The van der Waals surface area contributed by atoms with E-state index in [1.165, 1.54) is 11.1 Å². The molecule has 0 unspecified atom stereocenters. The summed E-state index contributed by atoms with van der Waals surface area (Å²) < 4.78 is 5.91. The lowest BCUT2D eigenvalue weighted by atomic mass is 9.90. The van der Waals surface area contributed by atoms with Crippen molar-refractivity contribution in [2.45, 2.75) is 44.8 Å². The van der Waals surface area contributed by atoms with Crippen LogP contribution in [0.2, 0.25) is 0 Å². The molecule has 2 aliphatic heterocycles. The van der Waals surface area contributed by atoms with Crippen LogP contribution >= 0.6 is 0 Å². The molecular weight excluding hydrogens is 350 g/mol. The Bertz CT molecular complexity index is 816. The number of nitrogens with zero attached hydrogens (tertiary/aromatic N) is 3. The molecule has 3 heterocycles. The molecular formula is C23H29N3O2. The van der Waals surface area contributed by atoms with E-state index in [0.717, 1.165) is 38.2 Å². The number of aryl methyl sites for hydroxylation is 1. The normalized spacial score (nSPS) is 20.4. The number of ether oxygens (including phenoxy) is 1. The number of pyridine rings is 1. The van der Waals surface area contributed by atoms with Crippen molar-refractivity contribution in [1.29, 1.82) is 0 Å². The minimum Gasteiger partial charge on any atom is -0.441 e. The van der Waals surface area contributed by atoms with Gasteiger partial charge in [0.25, 0.3) is 0 Å². The fraction of sp³-hybridized carbons (Fsp3) is 0.478. The molecule has 1 atom stereocenters. The molecule has 0 saturated carbocycles. The molecule has 0 N–H and O–H groups in total. The molecule has 28 heavy (non-hydrogen) atoms. The molecule has 1 aromatic carbocycles. The molecule has 2 aliphatic rings. The molecule has 2 aromatic rings. The van der Waals surface area contributed by atoms with Crippen LogP contribution in [0.15, 0.2) is 48.7 Å². The maximum absolute atomic E-state index is 12.5. The Morgan fingerprint density at radius 1 is 1.14 bits per heavy atom. The van der Waals surface area contributed by atoms with Crippen molar-refractivity contribution in [2.24, 2.45) is 0 Å². The lowest BCUT2D eigenvalue weighted by Crippen LogP contribution is -2.46. The summed E-state index contributed by atoms with van der Waals surface area (Å²) in [5.41, 5.74) is 3.32. The zero-order valence-electron chi connectivity index (χ0n) is 16.8. The van der Waals surface area contributed by atoms with Crippen LogP contribution in [0.3, 0.4) is 0 Å². The van der Waals surface area contributed by atoms with E-state index in [1.54, 1.807) is 0 Å². The summed E-state index contributed by atoms with van der Waals surface area (Å²) >= 11 is 0. The SMILES string of the molecule is Cc1cccnc1CN1CCC2(CC1)CN(C[C@@H](C)c1ccccc1)C(=O)O2. The Morgan fingerprint density at radius 2 is 1.89 bits per heavy atom. The Labute approximate surface area is 167 Å². The van der Waals surface area contributed by atoms with Crippen LogP contribution < -0.4 is 0 Å². The summed E-state index contributed by atoms with van der Waals surface area (Å²) in [7, 11) is 0. The predicted molar refractivity (Wildman–Crippen MR) is 109 cm³/mol. The molecule has 4 rings (SSSR count). The van der Waals surface area contributed by atoms with E-state index in [9.17, 15) is 4.79 Å². The maximum atomic E-state index is 12.5. The van der Waals surface area contributed by atoms with Gasteiger partial charge in [-0.15, -0.1) is 0 Å². The lowest BCUT2D eigenvalue weighted by Gasteiger charge is -2.37. The van der Waals surface area contributed by atoms with Crippen LogP contribution in [0.4, 0.5) is 4.79 Å². The Hall–Kier alpha value is -2.40. The predicted octanol–water partition coefficient (Wildman–Crippen LogP) is 3.98. The Balaban J connectivity index is 1.33. The first-order valence-electron chi connectivity index (χ1n) is 10.2. The van der Waals surface area contributed by atoms with Crippen LogP contribution in [0.1, 0.15) is 42.5 Å². The second kappa shape index (κ2) is 7.92. The molecule has 148 valence electrons. The molecule has 0 aliphatic carbocycles. The second-order valence-corrected chi connectivity index (χ2v) is 8.29. The summed E-state index contributed by atoms with van der Waals surface area (Å²) in [4.78, 5) is 21.3. The van der Waals surface area contributed by atoms with Gasteiger partial charge in [-0.2, -0.15) is 0 Å². The average molecular weight is 380 g/mol. The molecule has 5 nitrogen and oxygen atoms in total. The number of aromatic nitrogens is 1. The van der Waals surface area contributed by atoms with E-state index in [0.29, 0.717) is 19.0 Å². The van der Waals surface area contributed by atoms with Gasteiger partial charge in [-0.3, -0.25) is 9.88 Å². The highest BCUT2D eigenvalue weighted by Crippen LogP contribution is 2.34. The van der Waals surface area contributed by atoms with Gasteiger partial charge in [0.05, 0.1) is 12.2 Å². The number of carbonyl (C=O) groups excluding carboxylic acids is 1. The third-order valence-electron chi connectivity index (χ3n) is 6.16. The van der Waals surface area contributed by atoms with E-state index < -0.39 is 0 Å². The van der Waals surface area contributed by atoms with Crippen molar-refractivity contribution < 1.29 is 9.53 Å². The van der Waals surface area contributed by atoms with Crippen molar-refractivity contribution in [3.05, 3.63) is 65.5 Å². The van der Waals surface area contributed by atoms with Gasteiger partial charge in [0, 0.05) is 45.2 Å². The molecule has 0 bridgehead atoms. The number of benzene rings is 1. The number of piperidine rings is 1. The van der Waals surface area contributed by atoms with Gasteiger partial charge in [0.2, 0.25) is 0 Å². The first kappa shape index (κ1) is 18.9. The highest BCUT2D eigenvalue weighted by Gasteiger charge is 2.47. The fourth-order valence-corrected chi connectivity index (χ4v) is 4.33. The zero-order chi connectivity index (χ0) is 19.6. The summed E-state index contributed by atoms with van der Waals surface area (Å²) in [6.45, 7) is 8.44. The summed E-state index contributed by atoms with van der Waals surface area (Å²) in [5.74, 6) is 0.302. The van der Waals surface area contributed by atoms with E-state index in [1.807, 2.05) is 23.2 Å². The van der Waals surface area contributed by atoms with Crippen LogP contribution in [-0.2, 0) is 11.3 Å². The quantitative estimate of drug-likeness (QED) is 0.788. The minimum atomic E-state index is -0.316. The van der Waals surface area contributed by atoms with E-state index in [4.69, 9.17) is 4.74 Å². The summed E-state index contributed by atoms with van der Waals surface area (Å²) in [6.07, 6.45) is 3.48. The van der Waals surface area contributed by atoms with Gasteiger partial charge in [-0.05, 0) is 30.0 Å². The third kappa shape index (κ3) is 4.04. The molecule has 5 heteroatoms. The van der Waals surface area contributed by atoms with Crippen molar-refractivity contribution in [3.63, 3.8) is 0 Å². The van der Waals surface area contributed by atoms with E-state index >= 15 is 0 Å². The molecule has 2 fully saturated rings. The third-order valence-corrected chi connectivity index (χ3v) is 6.16. The highest BCUT2D eigenvalue weighted by molar-refractivity contribution is 5.71. The Kier molecular flexibility index (Phi) is 5.36. The standard InChI is InChI=1S/C23H29N3O2/c1-18-7-6-12-24-21(18)16-25-13-10-23(11-14-25)17-26(22(27)28-23)15-19(2)20-8-4-3-5-9-20/h3-9,12,19H,10-11,13-17H2,1-2H3/t19-/m1/s1. The van der Waals surface area contributed by atoms with Crippen LogP contribution in [0.5, 0.6) is 0 Å². The van der Waals surface area contributed by atoms with Crippen LogP contribution in [-0.4, -0.2) is 52.7 Å². The molecule has 2 saturated heterocycles. The van der Waals surface area contributed by atoms with E-state index in [-0.39, 0.29) is 11.7 Å².